The second kappa shape index (κ2) is 5.15. The minimum atomic E-state index is -0.337. The van der Waals surface area contributed by atoms with Crippen molar-refractivity contribution in [3.05, 3.63) is 30.1 Å². The zero-order valence-electron chi connectivity index (χ0n) is 11.0. The number of aryl methyl sites for hydroxylation is 1. The minimum absolute atomic E-state index is 0.0679. The maximum atomic E-state index is 9.22. The lowest BCUT2D eigenvalue weighted by Gasteiger charge is -2.19. The van der Waals surface area contributed by atoms with Crippen LogP contribution < -0.4 is 5.32 Å². The van der Waals surface area contributed by atoms with Gasteiger partial charge in [0.1, 0.15) is 6.04 Å². The largest absolute Gasteiger partial charge is 0.295 e. The Morgan fingerprint density at radius 1 is 1.65 bits per heavy atom. The van der Waals surface area contributed by atoms with Crippen LogP contribution in [0.25, 0.3) is 0 Å². The topological polar surface area (TPSA) is 53.6 Å². The third kappa shape index (κ3) is 3.18. The van der Waals surface area contributed by atoms with Gasteiger partial charge in [-0.3, -0.25) is 10.00 Å². The summed E-state index contributed by atoms with van der Waals surface area (Å²) in [6.07, 6.45) is 3.65. The van der Waals surface area contributed by atoms with E-state index >= 15 is 0 Å². The summed E-state index contributed by atoms with van der Waals surface area (Å²) in [5, 5.41) is 16.8. The molecule has 0 aliphatic rings. The Morgan fingerprint density at radius 3 is 2.76 bits per heavy atom. The molecule has 1 heterocycles. The van der Waals surface area contributed by atoms with E-state index in [1.807, 2.05) is 13.2 Å². The maximum absolute atomic E-state index is 9.22. The van der Waals surface area contributed by atoms with Gasteiger partial charge in [0, 0.05) is 30.8 Å². The lowest BCUT2D eigenvalue weighted by Crippen LogP contribution is -2.23. The van der Waals surface area contributed by atoms with Crippen molar-refractivity contribution in [2.24, 2.45) is 7.05 Å². The highest BCUT2D eigenvalue weighted by molar-refractivity contribution is 5.31. The molecule has 92 valence electrons. The van der Waals surface area contributed by atoms with Gasteiger partial charge in [-0.15, -0.1) is 6.58 Å². The van der Waals surface area contributed by atoms with Crippen molar-refractivity contribution < 1.29 is 0 Å². The molecular weight excluding hydrogens is 212 g/mol. The van der Waals surface area contributed by atoms with Crippen molar-refractivity contribution in [1.29, 1.82) is 5.26 Å². The average Bonchev–Trinajstić information content (AvgIpc) is 2.61. The van der Waals surface area contributed by atoms with E-state index < -0.39 is 0 Å². The first-order valence-corrected chi connectivity index (χ1v) is 5.68. The highest BCUT2D eigenvalue weighted by atomic mass is 15.3. The van der Waals surface area contributed by atoms with E-state index in [9.17, 15) is 5.26 Å². The Hall–Kier alpha value is -1.60. The molecule has 1 aromatic rings. The van der Waals surface area contributed by atoms with E-state index in [1.165, 1.54) is 0 Å². The van der Waals surface area contributed by atoms with Crippen molar-refractivity contribution in [3.63, 3.8) is 0 Å². The van der Waals surface area contributed by atoms with Gasteiger partial charge in [-0.1, -0.05) is 26.8 Å². The summed E-state index contributed by atoms with van der Waals surface area (Å²) in [4.78, 5) is 0. The Labute approximate surface area is 103 Å². The quantitative estimate of drug-likeness (QED) is 0.808. The first kappa shape index (κ1) is 13.5. The van der Waals surface area contributed by atoms with Gasteiger partial charge in [0.15, 0.2) is 0 Å². The molecular formula is C13H20N4. The van der Waals surface area contributed by atoms with Gasteiger partial charge >= 0.3 is 0 Å². The number of rotatable bonds is 4. The van der Waals surface area contributed by atoms with Gasteiger partial charge in [0.2, 0.25) is 0 Å². The molecule has 0 radical (unpaired) electrons. The molecule has 1 aromatic heterocycles. The predicted molar refractivity (Wildman–Crippen MR) is 68.5 cm³/mol. The third-order valence-electron chi connectivity index (χ3n) is 2.47. The van der Waals surface area contributed by atoms with Crippen LogP contribution in [0.3, 0.4) is 0 Å². The van der Waals surface area contributed by atoms with Crippen LogP contribution in [0.4, 0.5) is 0 Å². The maximum Gasteiger partial charge on any atom is 0.124 e. The number of nitrogens with one attached hydrogen (secondary N) is 1. The molecule has 4 nitrogen and oxygen atoms in total. The van der Waals surface area contributed by atoms with E-state index in [1.54, 1.807) is 10.8 Å². The minimum Gasteiger partial charge on any atom is -0.295 e. The smallest absolute Gasteiger partial charge is 0.124 e. The predicted octanol–water partition coefficient (Wildman–Crippen LogP) is 2.06. The summed E-state index contributed by atoms with van der Waals surface area (Å²) in [7, 11) is 1.88. The summed E-state index contributed by atoms with van der Waals surface area (Å²) in [5.41, 5.74) is 1.84. The monoisotopic (exact) mass is 232 g/mol. The third-order valence-corrected chi connectivity index (χ3v) is 2.47. The van der Waals surface area contributed by atoms with Crippen molar-refractivity contribution in [3.8, 4) is 6.07 Å². The Bertz CT molecular complexity index is 431. The molecule has 0 bridgehead atoms. The normalized spacial score (nSPS) is 13.1. The summed E-state index contributed by atoms with van der Waals surface area (Å²) in [5.74, 6) is 0. The Kier molecular flexibility index (Phi) is 4.08. The molecule has 1 unspecified atom stereocenters. The molecule has 0 aromatic carbocycles. The molecule has 0 aliphatic heterocycles. The first-order chi connectivity index (χ1) is 7.90. The van der Waals surface area contributed by atoms with Crippen molar-refractivity contribution >= 4 is 0 Å². The van der Waals surface area contributed by atoms with Crippen LogP contribution in [-0.2, 0) is 12.5 Å². The Balaban J connectivity index is 3.11. The number of hydrogen-bond donors (Lipinski definition) is 1. The molecule has 4 heteroatoms. The highest BCUT2D eigenvalue weighted by Gasteiger charge is 2.26. The fourth-order valence-corrected chi connectivity index (χ4v) is 1.73. The van der Waals surface area contributed by atoms with E-state index in [4.69, 9.17) is 0 Å². The van der Waals surface area contributed by atoms with Gasteiger partial charge in [-0.25, -0.2) is 0 Å². The van der Waals surface area contributed by atoms with Crippen LogP contribution in [0.2, 0.25) is 0 Å². The fraction of sp³-hybridized carbons (Fsp3) is 0.538. The van der Waals surface area contributed by atoms with Crippen LogP contribution in [0.5, 0.6) is 0 Å². The van der Waals surface area contributed by atoms with Crippen LogP contribution in [0.15, 0.2) is 18.9 Å². The number of hydrogen-bond acceptors (Lipinski definition) is 3. The Morgan fingerprint density at radius 2 is 2.29 bits per heavy atom. The van der Waals surface area contributed by atoms with Crippen LogP contribution in [0, 0.1) is 11.3 Å². The summed E-state index contributed by atoms with van der Waals surface area (Å²) in [6, 6.07) is 1.93. The molecule has 0 fully saturated rings. The van der Waals surface area contributed by atoms with E-state index in [-0.39, 0.29) is 11.5 Å². The van der Waals surface area contributed by atoms with Gasteiger partial charge < -0.3 is 0 Å². The van der Waals surface area contributed by atoms with Crippen LogP contribution in [0.1, 0.15) is 38.1 Å². The molecule has 0 aliphatic carbocycles. The van der Waals surface area contributed by atoms with E-state index in [0.717, 1.165) is 11.3 Å². The summed E-state index contributed by atoms with van der Waals surface area (Å²) in [6.45, 7) is 10.5. The molecule has 1 atom stereocenters. The molecule has 0 saturated heterocycles. The van der Waals surface area contributed by atoms with E-state index in [0.29, 0.717) is 6.54 Å². The average molecular weight is 232 g/mol. The molecule has 1 N–H and O–H groups in total. The van der Waals surface area contributed by atoms with Crippen molar-refractivity contribution in [2.75, 3.05) is 6.54 Å². The number of nitriles is 1. The SMILES string of the molecule is C=CCNC(C#N)c1cn(C)nc1C(C)(C)C. The summed E-state index contributed by atoms with van der Waals surface area (Å²) < 4.78 is 1.76. The highest BCUT2D eigenvalue weighted by Crippen LogP contribution is 2.27. The molecule has 1 rings (SSSR count). The summed E-state index contributed by atoms with van der Waals surface area (Å²) >= 11 is 0. The molecule has 17 heavy (non-hydrogen) atoms. The molecule has 0 amide bonds. The first-order valence-electron chi connectivity index (χ1n) is 5.68. The lowest BCUT2D eigenvalue weighted by molar-refractivity contribution is 0.540. The van der Waals surface area contributed by atoms with Gasteiger partial charge in [0.25, 0.3) is 0 Å². The van der Waals surface area contributed by atoms with Gasteiger partial charge in [-0.05, 0) is 0 Å². The lowest BCUT2D eigenvalue weighted by atomic mass is 9.88. The van der Waals surface area contributed by atoms with Gasteiger partial charge in [-0.2, -0.15) is 10.4 Å². The van der Waals surface area contributed by atoms with Gasteiger partial charge in [0.05, 0.1) is 11.8 Å². The second-order valence-electron chi connectivity index (χ2n) is 5.12. The number of nitrogens with zero attached hydrogens (tertiary/aromatic N) is 3. The zero-order chi connectivity index (χ0) is 13.1. The van der Waals surface area contributed by atoms with E-state index in [2.05, 4.69) is 43.8 Å². The van der Waals surface area contributed by atoms with Crippen LogP contribution in [-0.4, -0.2) is 16.3 Å². The standard InChI is InChI=1S/C13H20N4/c1-6-7-15-11(8-14)10-9-17(5)16-12(10)13(2,3)4/h6,9,11,15H,1,7H2,2-5H3. The fourth-order valence-electron chi connectivity index (χ4n) is 1.73. The zero-order valence-corrected chi connectivity index (χ0v) is 11.0. The van der Waals surface area contributed by atoms with Crippen LogP contribution >= 0.6 is 0 Å². The molecule has 0 saturated carbocycles. The van der Waals surface area contributed by atoms with Crippen molar-refractivity contribution in [1.82, 2.24) is 15.1 Å². The van der Waals surface area contributed by atoms with Crippen molar-refractivity contribution in [2.45, 2.75) is 32.2 Å². The number of aromatic nitrogens is 2. The molecule has 0 spiro atoms. The second-order valence-corrected chi connectivity index (χ2v) is 5.12.